The summed E-state index contributed by atoms with van der Waals surface area (Å²) in [6.07, 6.45) is 2.49. The second-order valence-corrected chi connectivity index (χ2v) is 3.68. The van der Waals surface area contributed by atoms with Gasteiger partial charge in [0.25, 0.3) is 0 Å². The van der Waals surface area contributed by atoms with E-state index in [1.165, 1.54) is 0 Å². The van der Waals surface area contributed by atoms with Crippen LogP contribution in [-0.2, 0) is 9.59 Å². The molecule has 0 radical (unpaired) electrons. The number of carbonyl (C=O) groups is 2. The Kier molecular flexibility index (Phi) is 6.70. The maximum Gasteiger partial charge on any atom is 0.234 e. The highest BCUT2D eigenvalue weighted by atomic mass is 16.2. The van der Waals surface area contributed by atoms with E-state index in [1.807, 2.05) is 0 Å². The highest BCUT2D eigenvalue weighted by Gasteiger charge is 2.11. The summed E-state index contributed by atoms with van der Waals surface area (Å²) in [4.78, 5) is 23.4. The van der Waals surface area contributed by atoms with E-state index < -0.39 is 0 Å². The Balaban J connectivity index is 3.61. The summed E-state index contributed by atoms with van der Waals surface area (Å²) >= 11 is 0. The Hall–Kier alpha value is -1.10. The zero-order valence-corrected chi connectivity index (χ0v) is 9.75. The molecule has 5 nitrogen and oxygen atoms in total. The van der Waals surface area contributed by atoms with E-state index in [4.69, 9.17) is 5.73 Å². The average molecular weight is 215 g/mol. The van der Waals surface area contributed by atoms with E-state index in [9.17, 15) is 9.59 Å². The van der Waals surface area contributed by atoms with Gasteiger partial charge in [0, 0.05) is 20.5 Å². The molecule has 1 unspecified atom stereocenters. The third-order valence-electron chi connectivity index (χ3n) is 2.47. The molecule has 0 aromatic rings. The number of nitrogens with two attached hydrogens (primary N) is 1. The highest BCUT2D eigenvalue weighted by molar-refractivity contribution is 5.79. The molecule has 0 fully saturated rings. The Bertz CT molecular complexity index is 219. The molecule has 0 aliphatic carbocycles. The third kappa shape index (κ3) is 6.06. The first-order valence-electron chi connectivity index (χ1n) is 5.17. The lowest BCUT2D eigenvalue weighted by molar-refractivity contribution is -0.127. The van der Waals surface area contributed by atoms with Crippen molar-refractivity contribution < 1.29 is 9.59 Å². The summed E-state index contributed by atoms with van der Waals surface area (Å²) in [7, 11) is 3.49. The van der Waals surface area contributed by atoms with Gasteiger partial charge in [-0.3, -0.25) is 9.59 Å². The van der Waals surface area contributed by atoms with Crippen LogP contribution in [0.2, 0.25) is 0 Å². The number of likely N-dealkylation sites (N-methyl/N-ethyl adjacent to an activating group) is 1. The van der Waals surface area contributed by atoms with Crippen LogP contribution in [0.3, 0.4) is 0 Å². The molecule has 0 rings (SSSR count). The smallest absolute Gasteiger partial charge is 0.234 e. The maximum absolute atomic E-state index is 10.9. The van der Waals surface area contributed by atoms with Gasteiger partial charge in [-0.2, -0.15) is 0 Å². The molecule has 3 N–H and O–H groups in total. The Morgan fingerprint density at radius 2 is 2.00 bits per heavy atom. The summed E-state index contributed by atoms with van der Waals surface area (Å²) in [6.45, 7) is 2.27. The van der Waals surface area contributed by atoms with Gasteiger partial charge in [0.15, 0.2) is 0 Å². The van der Waals surface area contributed by atoms with E-state index in [2.05, 4.69) is 5.32 Å². The summed E-state index contributed by atoms with van der Waals surface area (Å²) in [5, 5.41) is 2.86. The van der Waals surface area contributed by atoms with Crippen molar-refractivity contribution in [1.82, 2.24) is 10.2 Å². The number of primary amides is 1. The van der Waals surface area contributed by atoms with Crippen molar-refractivity contribution in [3.05, 3.63) is 0 Å². The van der Waals surface area contributed by atoms with Crippen molar-refractivity contribution in [1.29, 1.82) is 0 Å². The van der Waals surface area contributed by atoms with Crippen LogP contribution in [0, 0.1) is 0 Å². The van der Waals surface area contributed by atoms with Crippen molar-refractivity contribution >= 4 is 11.8 Å². The molecule has 0 saturated heterocycles. The fraction of sp³-hybridized carbons (Fsp3) is 0.800. The van der Waals surface area contributed by atoms with Crippen LogP contribution in [0.25, 0.3) is 0 Å². The lowest BCUT2D eigenvalue weighted by Crippen LogP contribution is -2.39. The van der Waals surface area contributed by atoms with E-state index in [1.54, 1.807) is 25.9 Å². The number of amides is 2. The van der Waals surface area contributed by atoms with Crippen LogP contribution in [-0.4, -0.2) is 43.4 Å². The quantitative estimate of drug-likeness (QED) is 0.573. The van der Waals surface area contributed by atoms with Gasteiger partial charge < -0.3 is 16.0 Å². The molecule has 5 heteroatoms. The van der Waals surface area contributed by atoms with Crippen molar-refractivity contribution in [2.45, 2.75) is 32.2 Å². The first-order chi connectivity index (χ1) is 6.99. The molecule has 88 valence electrons. The Morgan fingerprint density at radius 1 is 1.40 bits per heavy atom. The molecule has 1 atom stereocenters. The fourth-order valence-electron chi connectivity index (χ4n) is 1.28. The second-order valence-electron chi connectivity index (χ2n) is 3.68. The lowest BCUT2D eigenvalue weighted by Gasteiger charge is -2.15. The minimum atomic E-state index is -0.322. The van der Waals surface area contributed by atoms with Gasteiger partial charge in [0.2, 0.25) is 11.8 Å². The van der Waals surface area contributed by atoms with Gasteiger partial charge in [-0.1, -0.05) is 0 Å². The normalized spacial score (nSPS) is 12.2. The number of nitrogens with one attached hydrogen (secondary N) is 1. The van der Waals surface area contributed by atoms with Crippen LogP contribution in [0.5, 0.6) is 0 Å². The van der Waals surface area contributed by atoms with Crippen LogP contribution >= 0.6 is 0 Å². The van der Waals surface area contributed by atoms with E-state index in [0.29, 0.717) is 0 Å². The van der Waals surface area contributed by atoms with E-state index in [-0.39, 0.29) is 17.9 Å². The van der Waals surface area contributed by atoms with Crippen molar-refractivity contribution in [3.63, 3.8) is 0 Å². The summed E-state index contributed by atoms with van der Waals surface area (Å²) in [5.41, 5.74) is 5.17. The molecule has 0 saturated carbocycles. The van der Waals surface area contributed by atoms with Crippen LogP contribution < -0.4 is 11.1 Å². The number of hydrogen-bond acceptors (Lipinski definition) is 3. The number of carbonyl (C=O) groups excluding carboxylic acids is 2. The SMILES string of the molecule is CNC(CCCCN(C)C(C)=O)C(N)=O. The Labute approximate surface area is 91.0 Å². The zero-order chi connectivity index (χ0) is 11.8. The summed E-state index contributed by atoms with van der Waals surface area (Å²) in [5.74, 6) is -0.257. The zero-order valence-electron chi connectivity index (χ0n) is 9.75. The van der Waals surface area contributed by atoms with Gasteiger partial charge >= 0.3 is 0 Å². The molecular weight excluding hydrogens is 194 g/mol. The molecule has 2 amide bonds. The van der Waals surface area contributed by atoms with Gasteiger partial charge in [0.05, 0.1) is 6.04 Å². The molecular formula is C10H21N3O2. The molecule has 15 heavy (non-hydrogen) atoms. The van der Waals surface area contributed by atoms with E-state index in [0.717, 1.165) is 25.8 Å². The molecule has 0 aromatic heterocycles. The molecule has 0 heterocycles. The minimum absolute atomic E-state index is 0.0649. The summed E-state index contributed by atoms with van der Waals surface area (Å²) < 4.78 is 0. The number of hydrogen-bond donors (Lipinski definition) is 2. The lowest BCUT2D eigenvalue weighted by atomic mass is 10.1. The molecule has 0 aliphatic rings. The standard InChI is InChI=1S/C10H21N3O2/c1-8(14)13(3)7-5-4-6-9(12-2)10(11)15/h9,12H,4-7H2,1-3H3,(H2,11,15). The van der Waals surface area contributed by atoms with Gasteiger partial charge in [0.1, 0.15) is 0 Å². The van der Waals surface area contributed by atoms with Crippen LogP contribution in [0.1, 0.15) is 26.2 Å². The predicted molar refractivity (Wildman–Crippen MR) is 59.2 cm³/mol. The van der Waals surface area contributed by atoms with Gasteiger partial charge in [-0.05, 0) is 26.3 Å². The minimum Gasteiger partial charge on any atom is -0.368 e. The predicted octanol–water partition coefficient (Wildman–Crippen LogP) is -0.292. The Morgan fingerprint density at radius 3 is 2.40 bits per heavy atom. The molecule has 0 spiro atoms. The largest absolute Gasteiger partial charge is 0.368 e. The van der Waals surface area contributed by atoms with Gasteiger partial charge in [-0.25, -0.2) is 0 Å². The average Bonchev–Trinajstić information content (AvgIpc) is 2.16. The third-order valence-corrected chi connectivity index (χ3v) is 2.47. The van der Waals surface area contributed by atoms with Crippen LogP contribution in [0.15, 0.2) is 0 Å². The number of nitrogens with zero attached hydrogens (tertiary/aromatic N) is 1. The second kappa shape index (κ2) is 7.23. The number of rotatable bonds is 7. The highest BCUT2D eigenvalue weighted by Crippen LogP contribution is 2.01. The molecule has 0 bridgehead atoms. The van der Waals surface area contributed by atoms with Crippen molar-refractivity contribution in [3.8, 4) is 0 Å². The first kappa shape index (κ1) is 13.9. The number of unbranched alkanes of at least 4 members (excludes halogenated alkanes) is 1. The maximum atomic E-state index is 10.9. The van der Waals surface area contributed by atoms with Crippen LogP contribution in [0.4, 0.5) is 0 Å². The summed E-state index contributed by atoms with van der Waals surface area (Å²) in [6, 6.07) is -0.257. The van der Waals surface area contributed by atoms with Crippen molar-refractivity contribution in [2.75, 3.05) is 20.6 Å². The molecule has 0 aromatic carbocycles. The monoisotopic (exact) mass is 215 g/mol. The fourth-order valence-corrected chi connectivity index (χ4v) is 1.28. The molecule has 0 aliphatic heterocycles. The topological polar surface area (TPSA) is 75.4 Å². The van der Waals surface area contributed by atoms with E-state index >= 15 is 0 Å². The first-order valence-corrected chi connectivity index (χ1v) is 5.17. The van der Waals surface area contributed by atoms with Gasteiger partial charge in [-0.15, -0.1) is 0 Å². The van der Waals surface area contributed by atoms with Crippen molar-refractivity contribution in [2.24, 2.45) is 5.73 Å².